The summed E-state index contributed by atoms with van der Waals surface area (Å²) in [6.07, 6.45) is 6.34. The Bertz CT molecular complexity index is 620. The molecule has 1 saturated carbocycles. The molecule has 0 spiro atoms. The van der Waals surface area contributed by atoms with E-state index in [-0.39, 0.29) is 10.8 Å². The van der Waals surface area contributed by atoms with Crippen molar-refractivity contribution < 1.29 is 13.2 Å². The lowest BCUT2D eigenvalue weighted by atomic mass is 9.87. The third-order valence-electron chi connectivity index (χ3n) is 4.06. The quantitative estimate of drug-likeness (QED) is 0.895. The van der Waals surface area contributed by atoms with E-state index in [1.807, 2.05) is 0 Å². The molecule has 0 heterocycles. The Balaban J connectivity index is 2.07. The summed E-state index contributed by atoms with van der Waals surface area (Å²) in [6.45, 7) is 1.65. The SMILES string of the molecule is Cc1c(NC(=O)CC2CCCCC2)cccc1S(N)(=O)=O. The van der Waals surface area contributed by atoms with Crippen LogP contribution >= 0.6 is 0 Å². The first-order valence-corrected chi connectivity index (χ1v) is 8.85. The molecule has 1 aliphatic carbocycles. The van der Waals surface area contributed by atoms with E-state index in [1.165, 1.54) is 25.3 Å². The maximum absolute atomic E-state index is 12.1. The summed E-state index contributed by atoms with van der Waals surface area (Å²) >= 11 is 0. The number of hydrogen-bond acceptors (Lipinski definition) is 3. The van der Waals surface area contributed by atoms with Crippen molar-refractivity contribution in [3.05, 3.63) is 23.8 Å². The molecule has 0 unspecified atom stereocenters. The van der Waals surface area contributed by atoms with Crippen LogP contribution < -0.4 is 10.5 Å². The molecule has 0 bridgehead atoms. The Labute approximate surface area is 126 Å². The summed E-state index contributed by atoms with van der Waals surface area (Å²) in [5.74, 6) is 0.386. The van der Waals surface area contributed by atoms with Gasteiger partial charge in [-0.3, -0.25) is 4.79 Å². The molecule has 3 N–H and O–H groups in total. The summed E-state index contributed by atoms with van der Waals surface area (Å²) in [5.41, 5.74) is 0.999. The fourth-order valence-electron chi connectivity index (χ4n) is 2.91. The fraction of sp³-hybridized carbons (Fsp3) is 0.533. The molecule has 1 aromatic carbocycles. The Morgan fingerprint density at radius 1 is 1.29 bits per heavy atom. The van der Waals surface area contributed by atoms with Crippen LogP contribution in [-0.2, 0) is 14.8 Å². The Hall–Kier alpha value is -1.40. The van der Waals surface area contributed by atoms with Crippen molar-refractivity contribution in [3.63, 3.8) is 0 Å². The number of hydrogen-bond donors (Lipinski definition) is 2. The molecule has 116 valence electrons. The maximum atomic E-state index is 12.1. The van der Waals surface area contributed by atoms with Gasteiger partial charge < -0.3 is 5.32 Å². The molecule has 1 fully saturated rings. The second kappa shape index (κ2) is 6.58. The zero-order chi connectivity index (χ0) is 15.5. The summed E-state index contributed by atoms with van der Waals surface area (Å²) in [5, 5.41) is 7.98. The molecule has 5 nitrogen and oxygen atoms in total. The number of amides is 1. The summed E-state index contributed by atoms with van der Waals surface area (Å²) in [4.78, 5) is 12.2. The van der Waals surface area contributed by atoms with Gasteiger partial charge in [0.15, 0.2) is 0 Å². The highest BCUT2D eigenvalue weighted by Crippen LogP contribution is 2.27. The van der Waals surface area contributed by atoms with Crippen molar-refractivity contribution in [2.24, 2.45) is 11.1 Å². The van der Waals surface area contributed by atoms with Gasteiger partial charge in [0.25, 0.3) is 0 Å². The average Bonchev–Trinajstić information content (AvgIpc) is 2.41. The number of nitrogens with one attached hydrogen (secondary N) is 1. The average molecular weight is 310 g/mol. The van der Waals surface area contributed by atoms with Gasteiger partial charge >= 0.3 is 0 Å². The molecule has 0 atom stereocenters. The Morgan fingerprint density at radius 3 is 2.57 bits per heavy atom. The van der Waals surface area contributed by atoms with Crippen LogP contribution in [-0.4, -0.2) is 14.3 Å². The standard InChI is InChI=1S/C15H22N2O3S/c1-11-13(8-5-9-14(11)21(16,19)20)17-15(18)10-12-6-3-2-4-7-12/h5,8-9,12H,2-4,6-7,10H2,1H3,(H,17,18)(H2,16,19,20). The molecule has 0 radical (unpaired) electrons. The predicted octanol–water partition coefficient (Wildman–Crippen LogP) is 2.55. The van der Waals surface area contributed by atoms with Crippen molar-refractivity contribution in [1.29, 1.82) is 0 Å². The Morgan fingerprint density at radius 2 is 1.95 bits per heavy atom. The zero-order valence-corrected chi connectivity index (χ0v) is 13.1. The second-order valence-corrected chi connectivity index (χ2v) is 7.26. The molecular weight excluding hydrogens is 288 g/mol. The molecule has 2 rings (SSSR count). The highest BCUT2D eigenvalue weighted by Gasteiger charge is 2.19. The van der Waals surface area contributed by atoms with Crippen molar-refractivity contribution in [2.45, 2.75) is 50.3 Å². The normalized spacial score (nSPS) is 16.7. The number of carbonyl (C=O) groups excluding carboxylic acids is 1. The molecule has 1 aliphatic rings. The number of rotatable bonds is 4. The molecule has 6 heteroatoms. The lowest BCUT2D eigenvalue weighted by molar-refractivity contribution is -0.117. The van der Waals surface area contributed by atoms with E-state index in [2.05, 4.69) is 5.32 Å². The van der Waals surface area contributed by atoms with Gasteiger partial charge in [-0.05, 0) is 43.4 Å². The highest BCUT2D eigenvalue weighted by atomic mass is 32.2. The van der Waals surface area contributed by atoms with E-state index in [1.54, 1.807) is 19.1 Å². The van der Waals surface area contributed by atoms with Crippen molar-refractivity contribution in [3.8, 4) is 0 Å². The monoisotopic (exact) mass is 310 g/mol. The summed E-state index contributed by atoms with van der Waals surface area (Å²) in [6, 6.07) is 4.73. The second-order valence-electron chi connectivity index (χ2n) is 5.73. The van der Waals surface area contributed by atoms with Crippen LogP contribution in [0, 0.1) is 12.8 Å². The molecule has 1 aromatic rings. The minimum Gasteiger partial charge on any atom is -0.326 e. The minimum atomic E-state index is -3.77. The van der Waals surface area contributed by atoms with Gasteiger partial charge in [0, 0.05) is 12.1 Å². The number of nitrogens with two attached hydrogens (primary N) is 1. The number of sulfonamides is 1. The zero-order valence-electron chi connectivity index (χ0n) is 12.3. The van der Waals surface area contributed by atoms with E-state index in [0.29, 0.717) is 23.6 Å². The van der Waals surface area contributed by atoms with Crippen molar-refractivity contribution in [2.75, 3.05) is 5.32 Å². The number of anilines is 1. The van der Waals surface area contributed by atoms with Gasteiger partial charge in [0.2, 0.25) is 15.9 Å². The van der Waals surface area contributed by atoms with Crippen LogP contribution in [0.4, 0.5) is 5.69 Å². The first-order chi connectivity index (χ1) is 9.88. The van der Waals surface area contributed by atoms with E-state index >= 15 is 0 Å². The smallest absolute Gasteiger partial charge is 0.238 e. The number of primary sulfonamides is 1. The topological polar surface area (TPSA) is 89.3 Å². The Kier molecular flexibility index (Phi) is 5.00. The lowest BCUT2D eigenvalue weighted by Gasteiger charge is -2.21. The molecule has 0 aliphatic heterocycles. The first kappa shape index (κ1) is 16.0. The van der Waals surface area contributed by atoms with Gasteiger partial charge in [0.05, 0.1) is 4.90 Å². The summed E-state index contributed by atoms with van der Waals surface area (Å²) in [7, 11) is -3.77. The van der Waals surface area contributed by atoms with E-state index < -0.39 is 10.0 Å². The van der Waals surface area contributed by atoms with Gasteiger partial charge in [-0.2, -0.15) is 0 Å². The van der Waals surface area contributed by atoms with Crippen LogP contribution in [0.1, 0.15) is 44.1 Å². The van der Waals surface area contributed by atoms with Crippen molar-refractivity contribution >= 4 is 21.6 Å². The van der Waals surface area contributed by atoms with Gasteiger partial charge in [-0.15, -0.1) is 0 Å². The third kappa shape index (κ3) is 4.28. The first-order valence-electron chi connectivity index (χ1n) is 7.30. The predicted molar refractivity (Wildman–Crippen MR) is 82.4 cm³/mol. The minimum absolute atomic E-state index is 0.0537. The van der Waals surface area contributed by atoms with E-state index in [4.69, 9.17) is 5.14 Å². The van der Waals surface area contributed by atoms with Crippen LogP contribution in [0.5, 0.6) is 0 Å². The van der Waals surface area contributed by atoms with Gasteiger partial charge in [-0.25, -0.2) is 13.6 Å². The molecule has 1 amide bonds. The summed E-state index contributed by atoms with van der Waals surface area (Å²) < 4.78 is 22.9. The highest BCUT2D eigenvalue weighted by molar-refractivity contribution is 7.89. The van der Waals surface area contributed by atoms with Crippen molar-refractivity contribution in [1.82, 2.24) is 0 Å². The fourth-order valence-corrected chi connectivity index (χ4v) is 3.72. The van der Waals surface area contributed by atoms with Crippen LogP contribution in [0.15, 0.2) is 23.1 Å². The lowest BCUT2D eigenvalue weighted by Crippen LogP contribution is -2.20. The molecular formula is C15H22N2O3S. The van der Waals surface area contributed by atoms with E-state index in [0.717, 1.165) is 12.8 Å². The van der Waals surface area contributed by atoms with Gasteiger partial charge in [0.1, 0.15) is 0 Å². The van der Waals surface area contributed by atoms with E-state index in [9.17, 15) is 13.2 Å². The third-order valence-corrected chi connectivity index (χ3v) is 5.12. The van der Waals surface area contributed by atoms with Crippen LogP contribution in [0.25, 0.3) is 0 Å². The van der Waals surface area contributed by atoms with Crippen LogP contribution in [0.2, 0.25) is 0 Å². The maximum Gasteiger partial charge on any atom is 0.238 e. The molecule has 0 saturated heterocycles. The van der Waals surface area contributed by atoms with Crippen LogP contribution in [0.3, 0.4) is 0 Å². The largest absolute Gasteiger partial charge is 0.326 e. The van der Waals surface area contributed by atoms with Gasteiger partial charge in [-0.1, -0.05) is 25.3 Å². The number of benzene rings is 1. The molecule has 0 aromatic heterocycles. The number of carbonyl (C=O) groups is 1. The molecule has 21 heavy (non-hydrogen) atoms.